The monoisotopic (exact) mass is 381 g/mol. The van der Waals surface area contributed by atoms with Crippen molar-refractivity contribution < 1.29 is 24.2 Å². The van der Waals surface area contributed by atoms with Gasteiger partial charge in [-0.3, -0.25) is 9.59 Å². The molecule has 146 valence electrons. The number of amides is 1. The Morgan fingerprint density at radius 3 is 2.32 bits per heavy atom. The minimum absolute atomic E-state index is 0.0961. The molecule has 1 atom stereocenters. The summed E-state index contributed by atoms with van der Waals surface area (Å²) in [5.74, 6) is -0.800. The number of ether oxygens (including phenoxy) is 2. The van der Waals surface area contributed by atoms with E-state index in [1.165, 1.54) is 4.90 Å². The molecular formula is C22H23NO5. The first-order valence-corrected chi connectivity index (χ1v) is 9.05. The van der Waals surface area contributed by atoms with Crippen molar-refractivity contribution in [3.8, 4) is 5.75 Å². The molecule has 0 saturated carbocycles. The molecule has 0 aliphatic carbocycles. The Kier molecular flexibility index (Phi) is 6.11. The summed E-state index contributed by atoms with van der Waals surface area (Å²) < 4.78 is 10.3. The quantitative estimate of drug-likeness (QED) is 0.345. The van der Waals surface area contributed by atoms with Crippen LogP contribution in [0.2, 0.25) is 0 Å². The van der Waals surface area contributed by atoms with Crippen LogP contribution in [0.15, 0.2) is 60.2 Å². The molecule has 28 heavy (non-hydrogen) atoms. The fraction of sp³-hybridized carbons (Fsp3) is 0.273. The molecule has 2 aromatic rings. The van der Waals surface area contributed by atoms with Crippen LogP contribution < -0.4 is 4.74 Å². The highest BCUT2D eigenvalue weighted by atomic mass is 16.5. The number of nitrogens with zero attached hydrogens (tertiary/aromatic N) is 1. The van der Waals surface area contributed by atoms with Gasteiger partial charge in [-0.1, -0.05) is 42.5 Å². The third kappa shape index (κ3) is 3.77. The zero-order chi connectivity index (χ0) is 20.1. The summed E-state index contributed by atoms with van der Waals surface area (Å²) >= 11 is 0. The predicted molar refractivity (Wildman–Crippen MR) is 105 cm³/mol. The Labute approximate surface area is 164 Å². The molecule has 1 fully saturated rings. The predicted octanol–water partition coefficient (Wildman–Crippen LogP) is 3.15. The molecule has 1 aliphatic heterocycles. The Morgan fingerprint density at radius 2 is 1.71 bits per heavy atom. The van der Waals surface area contributed by atoms with Crippen molar-refractivity contribution in [1.82, 2.24) is 4.90 Å². The second-order valence-electron chi connectivity index (χ2n) is 6.48. The number of ketones is 1. The number of benzene rings is 2. The highest BCUT2D eigenvalue weighted by molar-refractivity contribution is 6.46. The zero-order valence-electron chi connectivity index (χ0n) is 15.9. The smallest absolute Gasteiger partial charge is 0.295 e. The van der Waals surface area contributed by atoms with E-state index in [0.29, 0.717) is 30.9 Å². The van der Waals surface area contributed by atoms with Crippen LogP contribution in [-0.2, 0) is 14.3 Å². The topological polar surface area (TPSA) is 76.1 Å². The Hall–Kier alpha value is -3.12. The molecule has 1 amide bonds. The Balaban J connectivity index is 2.09. The number of rotatable bonds is 7. The Morgan fingerprint density at radius 1 is 1.04 bits per heavy atom. The summed E-state index contributed by atoms with van der Waals surface area (Å²) in [6, 6.07) is 15.3. The summed E-state index contributed by atoms with van der Waals surface area (Å²) in [6.45, 7) is 0.817. The molecular weight excluding hydrogens is 358 g/mol. The van der Waals surface area contributed by atoms with Crippen molar-refractivity contribution in [1.29, 1.82) is 0 Å². The van der Waals surface area contributed by atoms with E-state index in [9.17, 15) is 14.7 Å². The van der Waals surface area contributed by atoms with Crippen molar-refractivity contribution in [2.45, 2.75) is 12.5 Å². The summed E-state index contributed by atoms with van der Waals surface area (Å²) in [6.07, 6.45) is 0.585. The molecule has 3 rings (SSSR count). The van der Waals surface area contributed by atoms with E-state index in [1.807, 2.05) is 6.07 Å². The van der Waals surface area contributed by atoms with Gasteiger partial charge in [0, 0.05) is 25.8 Å². The van der Waals surface area contributed by atoms with Gasteiger partial charge in [0.25, 0.3) is 11.7 Å². The lowest BCUT2D eigenvalue weighted by Crippen LogP contribution is -2.31. The van der Waals surface area contributed by atoms with Gasteiger partial charge in [0.05, 0.1) is 18.7 Å². The molecule has 1 saturated heterocycles. The van der Waals surface area contributed by atoms with Crippen LogP contribution in [0, 0.1) is 0 Å². The standard InChI is InChI=1S/C22H23NO5/c1-27-14-6-13-23-19(15-9-11-17(28-2)12-10-15)18(21(25)22(23)26)20(24)16-7-4-3-5-8-16/h3-5,7-12,19,24H,6,13-14H2,1-2H3/t19-/m0/s1. The average Bonchev–Trinajstić information content (AvgIpc) is 2.99. The second-order valence-corrected chi connectivity index (χ2v) is 6.48. The number of likely N-dealkylation sites (tertiary alicyclic amines) is 1. The van der Waals surface area contributed by atoms with E-state index < -0.39 is 17.7 Å². The van der Waals surface area contributed by atoms with Gasteiger partial charge in [-0.15, -0.1) is 0 Å². The molecule has 0 unspecified atom stereocenters. The first-order valence-electron chi connectivity index (χ1n) is 9.05. The van der Waals surface area contributed by atoms with Crippen LogP contribution >= 0.6 is 0 Å². The molecule has 6 nitrogen and oxygen atoms in total. The van der Waals surface area contributed by atoms with E-state index in [1.54, 1.807) is 62.8 Å². The van der Waals surface area contributed by atoms with Crippen LogP contribution in [0.4, 0.5) is 0 Å². The molecule has 1 aliphatic rings. The van der Waals surface area contributed by atoms with Crippen molar-refractivity contribution in [2.75, 3.05) is 27.4 Å². The highest BCUT2D eigenvalue weighted by Crippen LogP contribution is 2.39. The van der Waals surface area contributed by atoms with Crippen LogP contribution in [0.5, 0.6) is 5.75 Å². The summed E-state index contributed by atoms with van der Waals surface area (Å²) in [7, 11) is 3.16. The van der Waals surface area contributed by atoms with Gasteiger partial charge in [-0.25, -0.2) is 0 Å². The van der Waals surface area contributed by atoms with Gasteiger partial charge >= 0.3 is 0 Å². The SMILES string of the molecule is COCCCN1C(=O)C(=O)C(=C(O)c2ccccc2)[C@@H]1c1ccc(OC)cc1. The lowest BCUT2D eigenvalue weighted by Gasteiger charge is -2.25. The van der Waals surface area contributed by atoms with Gasteiger partial charge in [0.15, 0.2) is 0 Å². The summed E-state index contributed by atoms with van der Waals surface area (Å²) in [4.78, 5) is 27.0. The van der Waals surface area contributed by atoms with Crippen LogP contribution in [0.25, 0.3) is 5.76 Å². The summed E-state index contributed by atoms with van der Waals surface area (Å²) in [5.41, 5.74) is 1.32. The molecule has 0 spiro atoms. The number of hydrogen-bond acceptors (Lipinski definition) is 5. The minimum atomic E-state index is -0.681. The van der Waals surface area contributed by atoms with Gasteiger partial charge < -0.3 is 19.5 Å². The van der Waals surface area contributed by atoms with Crippen molar-refractivity contribution >= 4 is 17.4 Å². The van der Waals surface area contributed by atoms with Gasteiger partial charge in [-0.2, -0.15) is 0 Å². The summed E-state index contributed by atoms with van der Waals surface area (Å²) in [5, 5.41) is 10.9. The first kappa shape index (κ1) is 19.6. The van der Waals surface area contributed by atoms with Crippen molar-refractivity contribution in [2.24, 2.45) is 0 Å². The number of aliphatic hydroxyl groups excluding tert-OH is 1. The normalized spacial score (nSPS) is 18.5. The van der Waals surface area contributed by atoms with E-state index in [2.05, 4.69) is 0 Å². The van der Waals surface area contributed by atoms with Crippen LogP contribution in [0.3, 0.4) is 0 Å². The van der Waals surface area contributed by atoms with Gasteiger partial charge in [0.1, 0.15) is 11.5 Å². The molecule has 1 heterocycles. The van der Waals surface area contributed by atoms with Crippen LogP contribution in [-0.4, -0.2) is 49.1 Å². The minimum Gasteiger partial charge on any atom is -0.507 e. The fourth-order valence-electron chi connectivity index (χ4n) is 3.37. The number of methoxy groups -OCH3 is 2. The van der Waals surface area contributed by atoms with Crippen molar-refractivity contribution in [3.05, 3.63) is 71.3 Å². The maximum absolute atomic E-state index is 12.8. The van der Waals surface area contributed by atoms with Gasteiger partial charge in [-0.05, 0) is 24.1 Å². The average molecular weight is 381 g/mol. The lowest BCUT2D eigenvalue weighted by molar-refractivity contribution is -0.140. The first-order chi connectivity index (χ1) is 13.6. The third-order valence-corrected chi connectivity index (χ3v) is 4.77. The molecule has 0 bridgehead atoms. The number of Topliss-reactive ketones (excluding diaryl/α,β-unsaturated/α-hetero) is 1. The van der Waals surface area contributed by atoms with Crippen molar-refractivity contribution in [3.63, 3.8) is 0 Å². The molecule has 1 N–H and O–H groups in total. The van der Waals surface area contributed by atoms with E-state index in [4.69, 9.17) is 9.47 Å². The number of carbonyl (C=O) groups is 2. The van der Waals surface area contributed by atoms with Crippen LogP contribution in [0.1, 0.15) is 23.6 Å². The maximum Gasteiger partial charge on any atom is 0.295 e. The largest absolute Gasteiger partial charge is 0.507 e. The molecule has 6 heteroatoms. The number of hydrogen-bond donors (Lipinski definition) is 1. The second kappa shape index (κ2) is 8.71. The third-order valence-electron chi connectivity index (χ3n) is 4.77. The molecule has 0 aromatic heterocycles. The lowest BCUT2D eigenvalue weighted by atomic mass is 9.95. The van der Waals surface area contributed by atoms with Gasteiger partial charge in [0.2, 0.25) is 0 Å². The molecule has 0 radical (unpaired) electrons. The fourth-order valence-corrected chi connectivity index (χ4v) is 3.37. The van der Waals surface area contributed by atoms with E-state index >= 15 is 0 Å². The van der Waals surface area contributed by atoms with E-state index in [-0.39, 0.29) is 11.3 Å². The Bertz CT molecular complexity index is 874. The maximum atomic E-state index is 12.8. The molecule has 2 aromatic carbocycles. The highest BCUT2D eigenvalue weighted by Gasteiger charge is 2.45. The number of carbonyl (C=O) groups excluding carboxylic acids is 2. The van der Waals surface area contributed by atoms with E-state index in [0.717, 1.165) is 5.56 Å². The number of aliphatic hydroxyl groups is 1. The zero-order valence-corrected chi connectivity index (χ0v) is 15.9.